The first-order chi connectivity index (χ1) is 18.4. The van der Waals surface area contributed by atoms with Gasteiger partial charge in [0.1, 0.15) is 6.61 Å². The van der Waals surface area contributed by atoms with E-state index in [1.807, 2.05) is 36.4 Å². The Morgan fingerprint density at radius 3 is 2.37 bits per heavy atom. The van der Waals surface area contributed by atoms with Gasteiger partial charge in [-0.25, -0.2) is 10.2 Å². The van der Waals surface area contributed by atoms with E-state index in [0.29, 0.717) is 5.56 Å². The predicted octanol–water partition coefficient (Wildman–Crippen LogP) is 4.51. The van der Waals surface area contributed by atoms with E-state index in [2.05, 4.69) is 15.8 Å². The van der Waals surface area contributed by atoms with Gasteiger partial charge < -0.3 is 19.5 Å². The molecule has 2 amide bonds. The second-order valence-corrected chi connectivity index (χ2v) is 7.92. The van der Waals surface area contributed by atoms with Crippen LogP contribution in [0.2, 0.25) is 0 Å². The Hall–Kier alpha value is -4.93. The van der Waals surface area contributed by atoms with E-state index in [1.165, 1.54) is 19.2 Å². The van der Waals surface area contributed by atoms with Gasteiger partial charge in [0.2, 0.25) is 5.91 Å². The number of nitrogens with one attached hydrogen (secondary N) is 2. The molecule has 0 saturated heterocycles. The van der Waals surface area contributed by atoms with Gasteiger partial charge in [-0.1, -0.05) is 60.7 Å². The van der Waals surface area contributed by atoms with E-state index in [4.69, 9.17) is 14.2 Å². The summed E-state index contributed by atoms with van der Waals surface area (Å²) in [5.41, 5.74) is 3.75. The number of hydrazone groups is 1. The minimum Gasteiger partial charge on any atom is -0.493 e. The molecule has 11 heteroatoms. The van der Waals surface area contributed by atoms with Crippen LogP contribution >= 0.6 is 0 Å². The number of hydrogen-bond donors (Lipinski definition) is 2. The van der Waals surface area contributed by atoms with Crippen LogP contribution in [0, 0.1) is 10.1 Å². The highest BCUT2D eigenvalue weighted by atomic mass is 16.6. The normalized spacial score (nSPS) is 11.4. The van der Waals surface area contributed by atoms with Gasteiger partial charge in [-0.05, 0) is 24.1 Å². The quantitative estimate of drug-likeness (QED) is 0.203. The van der Waals surface area contributed by atoms with Gasteiger partial charge in [0.15, 0.2) is 11.5 Å². The first-order valence-corrected chi connectivity index (χ1v) is 11.7. The summed E-state index contributed by atoms with van der Waals surface area (Å²) in [6.45, 7) is 2.05. The van der Waals surface area contributed by atoms with Gasteiger partial charge in [-0.3, -0.25) is 14.9 Å². The Kier molecular flexibility index (Phi) is 10.2. The fraction of sp³-hybridized carbons (Fsp3) is 0.222. The number of nitro benzene ring substituents is 1. The van der Waals surface area contributed by atoms with Crippen LogP contribution in [0.4, 0.5) is 10.5 Å². The number of ether oxygens (including phenoxy) is 3. The van der Waals surface area contributed by atoms with Crippen molar-refractivity contribution < 1.29 is 28.7 Å². The molecule has 0 fully saturated rings. The van der Waals surface area contributed by atoms with Crippen LogP contribution in [-0.4, -0.2) is 36.9 Å². The average molecular weight is 521 g/mol. The number of rotatable bonds is 12. The molecule has 0 bridgehead atoms. The zero-order valence-corrected chi connectivity index (χ0v) is 21.0. The molecule has 0 spiro atoms. The van der Waals surface area contributed by atoms with E-state index in [9.17, 15) is 19.7 Å². The Balaban J connectivity index is 1.72. The summed E-state index contributed by atoms with van der Waals surface area (Å²) in [7, 11) is 1.42. The number of alkyl carbamates (subject to hydrolysis) is 1. The van der Waals surface area contributed by atoms with Crippen LogP contribution in [0.1, 0.15) is 36.1 Å². The smallest absolute Gasteiger partial charge is 0.407 e. The molecule has 0 aliphatic rings. The molecular formula is C27H28N4O7. The van der Waals surface area contributed by atoms with Crippen LogP contribution in [0.5, 0.6) is 11.5 Å². The van der Waals surface area contributed by atoms with Gasteiger partial charge >= 0.3 is 6.09 Å². The summed E-state index contributed by atoms with van der Waals surface area (Å²) in [6, 6.07) is 20.2. The van der Waals surface area contributed by atoms with Crippen molar-refractivity contribution >= 4 is 23.9 Å². The summed E-state index contributed by atoms with van der Waals surface area (Å²) in [5, 5.41) is 18.2. The number of methoxy groups -OCH3 is 1. The first-order valence-electron chi connectivity index (χ1n) is 11.7. The summed E-state index contributed by atoms with van der Waals surface area (Å²) < 4.78 is 16.0. The minimum absolute atomic E-state index is 0.100. The van der Waals surface area contributed by atoms with Crippen molar-refractivity contribution in [2.75, 3.05) is 13.7 Å². The fourth-order valence-corrected chi connectivity index (χ4v) is 3.49. The van der Waals surface area contributed by atoms with Crippen LogP contribution in [-0.2, 0) is 16.1 Å². The standard InChI is InChI=1S/C27H28N4O7/c1-3-37-27(33)29-22(20-12-8-5-9-13-20)15-26(32)30-28-17-21-14-24(36-2)25(16-23(21)31(34)35)38-18-19-10-6-4-7-11-19/h4-14,16-17,22H,3,15,18H2,1-2H3,(H,29,33)(H,30,32)/b28-17-/t22-/m1/s1. The molecule has 11 nitrogen and oxygen atoms in total. The van der Waals surface area contributed by atoms with Crippen molar-refractivity contribution in [3.05, 3.63) is 99.6 Å². The number of carbonyl (C=O) groups is 2. The average Bonchev–Trinajstić information content (AvgIpc) is 2.92. The number of nitrogens with zero attached hydrogens (tertiary/aromatic N) is 2. The maximum absolute atomic E-state index is 12.6. The molecular weight excluding hydrogens is 492 g/mol. The van der Waals surface area contributed by atoms with Gasteiger partial charge in [0, 0.05) is 0 Å². The minimum atomic E-state index is -0.666. The highest BCUT2D eigenvalue weighted by molar-refractivity contribution is 5.88. The molecule has 0 aliphatic carbocycles. The molecule has 0 aliphatic heterocycles. The third kappa shape index (κ3) is 8.05. The summed E-state index contributed by atoms with van der Waals surface area (Å²) in [5.74, 6) is -0.0635. The van der Waals surface area contributed by atoms with Gasteiger partial charge in [-0.2, -0.15) is 5.10 Å². The van der Waals surface area contributed by atoms with Crippen LogP contribution < -0.4 is 20.2 Å². The molecule has 1 atom stereocenters. The van der Waals surface area contributed by atoms with Crippen molar-refractivity contribution in [3.63, 3.8) is 0 Å². The third-order valence-electron chi connectivity index (χ3n) is 5.30. The fourth-order valence-electron chi connectivity index (χ4n) is 3.49. The Bertz CT molecular complexity index is 1270. The molecule has 0 heterocycles. The van der Waals surface area contributed by atoms with Gasteiger partial charge in [0.25, 0.3) is 5.69 Å². The van der Waals surface area contributed by atoms with Crippen molar-refractivity contribution in [1.82, 2.24) is 10.7 Å². The number of hydrogen-bond acceptors (Lipinski definition) is 8. The molecule has 0 saturated carbocycles. The van der Waals surface area contributed by atoms with Crippen LogP contribution in [0.15, 0.2) is 77.9 Å². The van der Waals surface area contributed by atoms with Crippen molar-refractivity contribution in [3.8, 4) is 11.5 Å². The number of amides is 2. The monoisotopic (exact) mass is 520 g/mol. The summed E-state index contributed by atoms with van der Waals surface area (Å²) in [6.07, 6.45) is 0.350. The highest BCUT2D eigenvalue weighted by Crippen LogP contribution is 2.34. The van der Waals surface area contributed by atoms with E-state index in [0.717, 1.165) is 11.8 Å². The zero-order chi connectivity index (χ0) is 27.3. The topological polar surface area (TPSA) is 141 Å². The molecule has 198 valence electrons. The number of benzene rings is 3. The zero-order valence-electron chi connectivity index (χ0n) is 21.0. The maximum atomic E-state index is 12.6. The third-order valence-corrected chi connectivity index (χ3v) is 5.30. The van der Waals surface area contributed by atoms with Crippen LogP contribution in [0.3, 0.4) is 0 Å². The molecule has 3 rings (SSSR count). The molecule has 38 heavy (non-hydrogen) atoms. The second kappa shape index (κ2) is 14.0. The van der Waals surface area contributed by atoms with Crippen molar-refractivity contribution in [2.45, 2.75) is 26.0 Å². The molecule has 2 N–H and O–H groups in total. The SMILES string of the molecule is CCOC(=O)N[C@H](CC(=O)N/N=C\c1cc(OC)c(OCc2ccccc2)cc1[N+](=O)[O-])c1ccccc1. The van der Waals surface area contributed by atoms with E-state index >= 15 is 0 Å². The number of nitro groups is 1. The predicted molar refractivity (Wildman–Crippen MR) is 140 cm³/mol. The van der Waals surface area contributed by atoms with E-state index in [1.54, 1.807) is 31.2 Å². The maximum Gasteiger partial charge on any atom is 0.407 e. The molecule has 0 aromatic heterocycles. The molecule has 0 radical (unpaired) electrons. The Morgan fingerprint density at radius 1 is 1.05 bits per heavy atom. The van der Waals surface area contributed by atoms with Gasteiger partial charge in [0.05, 0.1) is 48.9 Å². The molecule has 0 unspecified atom stereocenters. The van der Waals surface area contributed by atoms with E-state index in [-0.39, 0.29) is 42.4 Å². The first kappa shape index (κ1) is 27.7. The summed E-state index contributed by atoms with van der Waals surface area (Å²) in [4.78, 5) is 35.7. The second-order valence-electron chi connectivity index (χ2n) is 7.92. The molecule has 3 aromatic carbocycles. The van der Waals surface area contributed by atoms with Crippen molar-refractivity contribution in [2.24, 2.45) is 5.10 Å². The van der Waals surface area contributed by atoms with E-state index < -0.39 is 23.0 Å². The van der Waals surface area contributed by atoms with Crippen LogP contribution in [0.25, 0.3) is 0 Å². The highest BCUT2D eigenvalue weighted by Gasteiger charge is 2.21. The van der Waals surface area contributed by atoms with Gasteiger partial charge in [-0.15, -0.1) is 0 Å². The molecule has 3 aromatic rings. The lowest BCUT2D eigenvalue weighted by Gasteiger charge is -2.18. The lowest BCUT2D eigenvalue weighted by Crippen LogP contribution is -2.33. The largest absolute Gasteiger partial charge is 0.493 e. The Morgan fingerprint density at radius 2 is 1.74 bits per heavy atom. The lowest BCUT2D eigenvalue weighted by atomic mass is 10.0. The van der Waals surface area contributed by atoms with Crippen molar-refractivity contribution in [1.29, 1.82) is 0 Å². The number of carbonyl (C=O) groups excluding carboxylic acids is 2. The Labute approximate surface area is 219 Å². The lowest BCUT2D eigenvalue weighted by molar-refractivity contribution is -0.385. The summed E-state index contributed by atoms with van der Waals surface area (Å²) >= 11 is 0.